The largest absolute Gasteiger partial charge is 0.477 e. The van der Waals surface area contributed by atoms with Crippen LogP contribution in [0.2, 0.25) is 5.02 Å². The number of nitro groups is 1. The van der Waals surface area contributed by atoms with Gasteiger partial charge in [0.05, 0.1) is 20.8 Å². The number of carboxylic acid groups (broad SMARTS) is 1. The third kappa shape index (κ3) is 3.59. The molecule has 5 rings (SSSR count). The van der Waals surface area contributed by atoms with Crippen LogP contribution in [0.5, 0.6) is 0 Å². The van der Waals surface area contributed by atoms with Crippen molar-refractivity contribution in [2.24, 2.45) is 0 Å². The molecule has 0 spiro atoms. The SMILES string of the molecule is O=C(O)c1c(N2CCNCC2)n(C2CC2)c2c(Cl)c(-c3ccc([N+](=O)[O-])cc3)c(F)cc2c1=O. The van der Waals surface area contributed by atoms with Crippen LogP contribution in [0.1, 0.15) is 29.2 Å². The number of hydrogen-bond acceptors (Lipinski definition) is 6. The number of nitrogens with one attached hydrogen (secondary N) is 1. The first-order valence-electron chi connectivity index (χ1n) is 10.8. The van der Waals surface area contributed by atoms with Crippen molar-refractivity contribution >= 4 is 40.0 Å². The second kappa shape index (κ2) is 8.37. The monoisotopic (exact) mass is 486 g/mol. The Hall–Kier alpha value is -3.50. The molecule has 1 aliphatic heterocycles. The van der Waals surface area contributed by atoms with Gasteiger partial charge in [-0.3, -0.25) is 14.9 Å². The standard InChI is InChI=1S/C23H20ClFN4O5/c24-19-17(12-1-3-14(4-2-12)29(33)34)16(25)11-15-20(19)28(13-5-6-13)22(18(21(15)30)23(31)32)27-9-7-26-8-10-27/h1-4,11,13,26H,5-10H2,(H,31,32). The molecule has 1 aliphatic carbocycles. The highest BCUT2D eigenvalue weighted by molar-refractivity contribution is 6.38. The van der Waals surface area contributed by atoms with E-state index in [9.17, 15) is 24.8 Å². The van der Waals surface area contributed by atoms with E-state index in [2.05, 4.69) is 5.32 Å². The van der Waals surface area contributed by atoms with Gasteiger partial charge in [0, 0.05) is 49.9 Å². The van der Waals surface area contributed by atoms with Crippen LogP contribution in [0.25, 0.3) is 22.0 Å². The van der Waals surface area contributed by atoms with Crippen molar-refractivity contribution in [2.45, 2.75) is 18.9 Å². The first-order valence-corrected chi connectivity index (χ1v) is 11.2. The Morgan fingerprint density at radius 2 is 1.85 bits per heavy atom. The van der Waals surface area contributed by atoms with Crippen molar-refractivity contribution in [3.8, 4) is 11.1 Å². The number of non-ortho nitro benzene ring substituents is 1. The maximum atomic E-state index is 15.3. The summed E-state index contributed by atoms with van der Waals surface area (Å²) < 4.78 is 17.1. The summed E-state index contributed by atoms with van der Waals surface area (Å²) in [6.07, 6.45) is 1.55. The number of aromatic nitrogens is 1. The van der Waals surface area contributed by atoms with Crippen LogP contribution in [-0.2, 0) is 0 Å². The number of pyridine rings is 1. The molecular weight excluding hydrogens is 467 g/mol. The molecule has 1 saturated carbocycles. The van der Waals surface area contributed by atoms with Crippen LogP contribution in [0.4, 0.5) is 15.9 Å². The summed E-state index contributed by atoms with van der Waals surface area (Å²) in [5.74, 6) is -1.89. The molecular formula is C23H20ClFN4O5. The molecule has 2 N–H and O–H groups in total. The Bertz CT molecular complexity index is 1400. The number of fused-ring (bicyclic) bond motifs is 1. The van der Waals surface area contributed by atoms with Gasteiger partial charge in [0.1, 0.15) is 17.2 Å². The smallest absolute Gasteiger partial charge is 0.343 e. The van der Waals surface area contributed by atoms with Crippen LogP contribution in [0.3, 0.4) is 0 Å². The zero-order valence-corrected chi connectivity index (χ0v) is 18.6. The average Bonchev–Trinajstić information content (AvgIpc) is 3.65. The molecule has 1 aromatic heterocycles. The van der Waals surface area contributed by atoms with Gasteiger partial charge >= 0.3 is 5.97 Å². The molecule has 176 valence electrons. The number of carboxylic acids is 1. The zero-order chi connectivity index (χ0) is 24.1. The maximum Gasteiger partial charge on any atom is 0.343 e. The average molecular weight is 487 g/mol. The topological polar surface area (TPSA) is 118 Å². The second-order valence-electron chi connectivity index (χ2n) is 8.42. The normalized spacial score (nSPS) is 16.1. The van der Waals surface area contributed by atoms with Crippen LogP contribution in [0.15, 0.2) is 35.1 Å². The number of rotatable bonds is 5. The number of piperazine rings is 1. The van der Waals surface area contributed by atoms with Gasteiger partial charge in [-0.25, -0.2) is 9.18 Å². The molecule has 34 heavy (non-hydrogen) atoms. The molecule has 2 fully saturated rings. The van der Waals surface area contributed by atoms with E-state index in [0.717, 1.165) is 18.9 Å². The summed E-state index contributed by atoms with van der Waals surface area (Å²) >= 11 is 6.76. The van der Waals surface area contributed by atoms with Crippen LogP contribution in [-0.4, -0.2) is 46.7 Å². The molecule has 0 unspecified atom stereocenters. The fourth-order valence-electron chi connectivity index (χ4n) is 4.56. The summed E-state index contributed by atoms with van der Waals surface area (Å²) in [6, 6.07) is 6.26. The van der Waals surface area contributed by atoms with Gasteiger partial charge in [-0.2, -0.15) is 0 Å². The molecule has 2 aromatic carbocycles. The molecule has 1 saturated heterocycles. The molecule has 0 radical (unpaired) electrons. The first-order chi connectivity index (χ1) is 16.3. The van der Waals surface area contributed by atoms with E-state index < -0.39 is 22.1 Å². The number of aromatic carboxylic acids is 1. The quantitative estimate of drug-likeness (QED) is 0.416. The van der Waals surface area contributed by atoms with Crippen LogP contribution < -0.4 is 15.6 Å². The van der Waals surface area contributed by atoms with Crippen molar-refractivity contribution < 1.29 is 19.2 Å². The molecule has 3 aromatic rings. The third-order valence-corrected chi connectivity index (χ3v) is 6.63. The predicted octanol–water partition coefficient (Wildman–Crippen LogP) is 3.81. The Morgan fingerprint density at radius 1 is 1.21 bits per heavy atom. The summed E-state index contributed by atoms with van der Waals surface area (Å²) in [5.41, 5.74) is -0.725. The number of benzene rings is 2. The van der Waals surface area contributed by atoms with Crippen LogP contribution in [0, 0.1) is 15.9 Å². The van der Waals surface area contributed by atoms with Gasteiger partial charge in [-0.1, -0.05) is 11.6 Å². The number of halogens is 2. The highest BCUT2D eigenvalue weighted by Gasteiger charge is 2.35. The summed E-state index contributed by atoms with van der Waals surface area (Å²) in [6.45, 7) is 2.26. The summed E-state index contributed by atoms with van der Waals surface area (Å²) in [5, 5.41) is 24.1. The van der Waals surface area contributed by atoms with E-state index in [0.29, 0.717) is 31.7 Å². The highest BCUT2D eigenvalue weighted by atomic mass is 35.5. The van der Waals surface area contributed by atoms with Gasteiger partial charge in [0.15, 0.2) is 0 Å². The van der Waals surface area contributed by atoms with Crippen molar-refractivity contribution in [3.05, 3.63) is 67.1 Å². The lowest BCUT2D eigenvalue weighted by atomic mass is 10.00. The fraction of sp³-hybridized carbons (Fsp3) is 0.304. The number of anilines is 1. The minimum atomic E-state index is -1.37. The molecule has 9 nitrogen and oxygen atoms in total. The minimum Gasteiger partial charge on any atom is -0.477 e. The van der Waals surface area contributed by atoms with E-state index in [1.54, 1.807) is 4.57 Å². The first kappa shape index (κ1) is 22.3. The Kier molecular flexibility index (Phi) is 5.49. The lowest BCUT2D eigenvalue weighted by molar-refractivity contribution is -0.384. The molecule has 0 amide bonds. The van der Waals surface area contributed by atoms with E-state index in [1.165, 1.54) is 24.3 Å². The van der Waals surface area contributed by atoms with Gasteiger partial charge in [-0.15, -0.1) is 0 Å². The third-order valence-electron chi connectivity index (χ3n) is 6.27. The maximum absolute atomic E-state index is 15.3. The summed E-state index contributed by atoms with van der Waals surface area (Å²) in [4.78, 5) is 37.9. The number of hydrogen-bond donors (Lipinski definition) is 2. The molecule has 2 aliphatic rings. The van der Waals surface area contributed by atoms with Gasteiger partial charge in [0.2, 0.25) is 5.43 Å². The van der Waals surface area contributed by atoms with Gasteiger partial charge < -0.3 is 19.9 Å². The minimum absolute atomic E-state index is 0.00667. The highest BCUT2D eigenvalue weighted by Crippen LogP contribution is 2.45. The van der Waals surface area contributed by atoms with Gasteiger partial charge in [0.25, 0.3) is 5.69 Å². The van der Waals surface area contributed by atoms with E-state index in [-0.39, 0.29) is 44.6 Å². The van der Waals surface area contributed by atoms with E-state index in [1.807, 2.05) is 4.90 Å². The van der Waals surface area contributed by atoms with Crippen molar-refractivity contribution in [1.82, 2.24) is 9.88 Å². The lowest BCUT2D eigenvalue weighted by Gasteiger charge is -2.33. The van der Waals surface area contributed by atoms with Crippen molar-refractivity contribution in [1.29, 1.82) is 0 Å². The number of carbonyl (C=O) groups is 1. The Morgan fingerprint density at radius 3 is 2.41 bits per heavy atom. The van der Waals surface area contributed by atoms with E-state index >= 15 is 4.39 Å². The lowest BCUT2D eigenvalue weighted by Crippen LogP contribution is -2.46. The van der Waals surface area contributed by atoms with Crippen LogP contribution >= 0.6 is 11.6 Å². The molecule has 0 atom stereocenters. The van der Waals surface area contributed by atoms with E-state index in [4.69, 9.17) is 11.6 Å². The summed E-state index contributed by atoms with van der Waals surface area (Å²) in [7, 11) is 0. The molecule has 11 heteroatoms. The van der Waals surface area contributed by atoms with Gasteiger partial charge in [-0.05, 0) is 36.6 Å². The zero-order valence-electron chi connectivity index (χ0n) is 17.9. The Labute approximate surface area is 197 Å². The number of nitrogens with zero attached hydrogens (tertiary/aromatic N) is 3. The number of nitro benzene ring substituents is 1. The van der Waals surface area contributed by atoms with Crippen molar-refractivity contribution in [2.75, 3.05) is 31.1 Å². The molecule has 2 heterocycles. The second-order valence-corrected chi connectivity index (χ2v) is 8.80. The predicted molar refractivity (Wildman–Crippen MR) is 126 cm³/mol. The van der Waals surface area contributed by atoms with Crippen molar-refractivity contribution in [3.63, 3.8) is 0 Å². The molecule has 0 bridgehead atoms. The fourth-order valence-corrected chi connectivity index (χ4v) is 4.95. The Balaban J connectivity index is 1.85.